The summed E-state index contributed by atoms with van der Waals surface area (Å²) < 4.78 is 0. The molecule has 0 aliphatic rings. The molecule has 0 unspecified atom stereocenters. The van der Waals surface area contributed by atoms with Gasteiger partial charge < -0.3 is 4.90 Å². The van der Waals surface area contributed by atoms with E-state index in [1.165, 1.54) is 11.4 Å². The van der Waals surface area contributed by atoms with Crippen molar-refractivity contribution in [3.63, 3.8) is 0 Å². The smallest absolute Gasteiger partial charge is 0.0408 e. The maximum atomic E-state index is 3.01. The molecular formula is C13H12N. The molecule has 0 heterocycles. The molecule has 0 atom stereocenters. The third-order valence-electron chi connectivity index (χ3n) is 2.23. The minimum Gasteiger partial charge on any atom is -0.345 e. The lowest BCUT2D eigenvalue weighted by Gasteiger charge is -2.18. The van der Waals surface area contributed by atoms with Crippen LogP contribution >= 0.6 is 0 Å². The Kier molecular flexibility index (Phi) is 2.50. The fourth-order valence-corrected chi connectivity index (χ4v) is 1.40. The van der Waals surface area contributed by atoms with Gasteiger partial charge in [-0.25, -0.2) is 0 Å². The molecule has 1 nitrogen and oxygen atoms in total. The van der Waals surface area contributed by atoms with E-state index < -0.39 is 0 Å². The van der Waals surface area contributed by atoms with E-state index >= 15 is 0 Å². The zero-order chi connectivity index (χ0) is 9.80. The molecular weight excluding hydrogens is 170 g/mol. The molecule has 0 N–H and O–H groups in total. The number of hydrogen-bond donors (Lipinski definition) is 0. The van der Waals surface area contributed by atoms with Gasteiger partial charge in [-0.3, -0.25) is 0 Å². The fraction of sp³-hybridized carbons (Fsp3) is 0.0769. The van der Waals surface area contributed by atoms with Crippen LogP contribution in [-0.4, -0.2) is 7.05 Å². The van der Waals surface area contributed by atoms with Gasteiger partial charge in [-0.05, 0) is 30.3 Å². The lowest BCUT2D eigenvalue weighted by atomic mass is 10.2. The number of benzene rings is 2. The summed E-state index contributed by atoms with van der Waals surface area (Å²) in [6.45, 7) is 0. The van der Waals surface area contributed by atoms with Crippen molar-refractivity contribution in [1.82, 2.24) is 0 Å². The van der Waals surface area contributed by atoms with Gasteiger partial charge in [0, 0.05) is 18.4 Å². The molecule has 2 aromatic rings. The molecule has 69 valence electrons. The van der Waals surface area contributed by atoms with Gasteiger partial charge in [0.25, 0.3) is 0 Å². The summed E-state index contributed by atoms with van der Waals surface area (Å²) in [5, 5.41) is 0. The summed E-state index contributed by atoms with van der Waals surface area (Å²) in [4.78, 5) is 2.15. The van der Waals surface area contributed by atoms with Crippen LogP contribution in [0.15, 0.2) is 54.6 Å². The molecule has 0 amide bonds. The maximum Gasteiger partial charge on any atom is 0.0408 e. The molecule has 0 spiro atoms. The highest BCUT2D eigenvalue weighted by Gasteiger charge is 2.00. The Labute approximate surface area is 84.6 Å². The van der Waals surface area contributed by atoms with Gasteiger partial charge in [0.05, 0.1) is 0 Å². The Morgan fingerprint density at radius 1 is 0.857 bits per heavy atom. The summed E-state index contributed by atoms with van der Waals surface area (Å²) >= 11 is 0. The van der Waals surface area contributed by atoms with E-state index in [-0.39, 0.29) is 0 Å². The average Bonchev–Trinajstić information content (AvgIpc) is 2.30. The van der Waals surface area contributed by atoms with Crippen LogP contribution in [0.3, 0.4) is 0 Å². The van der Waals surface area contributed by atoms with Crippen molar-refractivity contribution in [2.75, 3.05) is 11.9 Å². The van der Waals surface area contributed by atoms with E-state index in [4.69, 9.17) is 0 Å². The third kappa shape index (κ3) is 1.77. The van der Waals surface area contributed by atoms with E-state index in [1.54, 1.807) is 0 Å². The molecule has 0 fully saturated rings. The zero-order valence-electron chi connectivity index (χ0n) is 8.14. The van der Waals surface area contributed by atoms with Crippen LogP contribution in [0.1, 0.15) is 0 Å². The molecule has 0 aromatic heterocycles. The standard InChI is InChI=1S/C13H12N/c1-14(12-8-4-2-5-9-12)13-10-6-3-7-11-13/h2,4-11H,1H3. The summed E-state index contributed by atoms with van der Waals surface area (Å²) in [6, 6.07) is 21.3. The van der Waals surface area contributed by atoms with Crippen LogP contribution in [0, 0.1) is 6.07 Å². The SMILES string of the molecule is CN(c1cc[c]cc1)c1ccccc1. The van der Waals surface area contributed by atoms with Crippen LogP contribution in [-0.2, 0) is 0 Å². The van der Waals surface area contributed by atoms with Crippen LogP contribution in [0.2, 0.25) is 0 Å². The molecule has 0 saturated carbocycles. The monoisotopic (exact) mass is 182 g/mol. The van der Waals surface area contributed by atoms with Crippen LogP contribution in [0.4, 0.5) is 11.4 Å². The van der Waals surface area contributed by atoms with Gasteiger partial charge in [-0.1, -0.05) is 30.3 Å². The summed E-state index contributed by atoms with van der Waals surface area (Å²) in [6.07, 6.45) is 0. The van der Waals surface area contributed by atoms with E-state index in [2.05, 4.69) is 30.1 Å². The number of para-hydroxylation sites is 1. The van der Waals surface area contributed by atoms with Crippen molar-refractivity contribution >= 4 is 11.4 Å². The normalized spacial score (nSPS) is 9.79. The number of nitrogens with zero attached hydrogens (tertiary/aromatic N) is 1. The second-order valence-electron chi connectivity index (χ2n) is 3.15. The maximum absolute atomic E-state index is 3.01. The number of hydrogen-bond acceptors (Lipinski definition) is 1. The van der Waals surface area contributed by atoms with Crippen molar-refractivity contribution in [2.24, 2.45) is 0 Å². The van der Waals surface area contributed by atoms with E-state index in [0.29, 0.717) is 0 Å². The molecule has 0 aliphatic heterocycles. The highest BCUT2D eigenvalue weighted by Crippen LogP contribution is 2.21. The highest BCUT2D eigenvalue weighted by atomic mass is 15.1. The third-order valence-corrected chi connectivity index (χ3v) is 2.23. The minimum absolute atomic E-state index is 1.18. The largest absolute Gasteiger partial charge is 0.345 e. The van der Waals surface area contributed by atoms with Gasteiger partial charge in [-0.2, -0.15) is 0 Å². The quantitative estimate of drug-likeness (QED) is 0.689. The van der Waals surface area contributed by atoms with Crippen LogP contribution in [0.25, 0.3) is 0 Å². The van der Waals surface area contributed by atoms with E-state index in [0.717, 1.165) is 0 Å². The Bertz CT molecular complexity index is 341. The molecule has 2 aromatic carbocycles. The topological polar surface area (TPSA) is 3.24 Å². The molecule has 14 heavy (non-hydrogen) atoms. The van der Waals surface area contributed by atoms with E-state index in [9.17, 15) is 0 Å². The average molecular weight is 182 g/mol. The van der Waals surface area contributed by atoms with E-state index in [1.807, 2.05) is 42.5 Å². The highest BCUT2D eigenvalue weighted by molar-refractivity contribution is 5.61. The first-order valence-corrected chi connectivity index (χ1v) is 4.63. The van der Waals surface area contributed by atoms with Crippen molar-refractivity contribution in [2.45, 2.75) is 0 Å². The number of rotatable bonds is 2. The molecule has 0 aliphatic carbocycles. The predicted molar refractivity (Wildman–Crippen MR) is 59.8 cm³/mol. The zero-order valence-corrected chi connectivity index (χ0v) is 8.14. The van der Waals surface area contributed by atoms with Gasteiger partial charge in [-0.15, -0.1) is 0 Å². The van der Waals surface area contributed by atoms with Crippen LogP contribution < -0.4 is 4.90 Å². The van der Waals surface area contributed by atoms with Gasteiger partial charge in [0.15, 0.2) is 0 Å². The Morgan fingerprint density at radius 2 is 1.43 bits per heavy atom. The second kappa shape index (κ2) is 3.97. The Hall–Kier alpha value is -1.76. The minimum atomic E-state index is 1.18. The van der Waals surface area contributed by atoms with Crippen molar-refractivity contribution in [3.05, 3.63) is 60.7 Å². The van der Waals surface area contributed by atoms with Gasteiger partial charge >= 0.3 is 0 Å². The lowest BCUT2D eigenvalue weighted by Crippen LogP contribution is -2.08. The Morgan fingerprint density at radius 3 is 2.07 bits per heavy atom. The van der Waals surface area contributed by atoms with Crippen molar-refractivity contribution < 1.29 is 0 Å². The summed E-state index contributed by atoms with van der Waals surface area (Å²) in [5.41, 5.74) is 2.37. The summed E-state index contributed by atoms with van der Waals surface area (Å²) in [5.74, 6) is 0. The van der Waals surface area contributed by atoms with Gasteiger partial charge in [0.1, 0.15) is 0 Å². The first-order chi connectivity index (χ1) is 6.88. The van der Waals surface area contributed by atoms with Crippen molar-refractivity contribution in [1.29, 1.82) is 0 Å². The molecule has 2 rings (SSSR count). The molecule has 0 bridgehead atoms. The lowest BCUT2D eigenvalue weighted by molar-refractivity contribution is 1.21. The fourth-order valence-electron chi connectivity index (χ4n) is 1.40. The molecule has 1 heteroatoms. The Balaban J connectivity index is 2.30. The molecule has 0 saturated heterocycles. The summed E-state index contributed by atoms with van der Waals surface area (Å²) in [7, 11) is 2.06. The van der Waals surface area contributed by atoms with Gasteiger partial charge in [0.2, 0.25) is 0 Å². The first kappa shape index (κ1) is 8.82. The van der Waals surface area contributed by atoms with Crippen molar-refractivity contribution in [3.8, 4) is 0 Å². The second-order valence-corrected chi connectivity index (χ2v) is 3.15. The number of anilines is 2. The molecule has 1 radical (unpaired) electrons. The van der Waals surface area contributed by atoms with Crippen LogP contribution in [0.5, 0.6) is 0 Å². The predicted octanol–water partition coefficient (Wildman–Crippen LogP) is 3.25. The first-order valence-electron chi connectivity index (χ1n) is 4.63.